The van der Waals surface area contributed by atoms with Crippen molar-refractivity contribution in [3.63, 3.8) is 0 Å². The highest BCUT2D eigenvalue weighted by molar-refractivity contribution is 6.28. The van der Waals surface area contributed by atoms with Crippen molar-refractivity contribution in [2.24, 2.45) is 0 Å². The first-order chi connectivity index (χ1) is 8.79. The molecule has 0 bridgehead atoms. The highest BCUT2D eigenvalue weighted by atomic mass is 35.5. The number of nitrogens with zero attached hydrogens (tertiary/aromatic N) is 1. The Labute approximate surface area is 112 Å². The summed E-state index contributed by atoms with van der Waals surface area (Å²) >= 11 is 5.84. The van der Waals surface area contributed by atoms with Crippen molar-refractivity contribution in [2.75, 3.05) is 6.54 Å². The number of pyridine rings is 1. The van der Waals surface area contributed by atoms with E-state index in [0.29, 0.717) is 5.22 Å². The molecule has 0 aliphatic carbocycles. The first-order valence-corrected chi connectivity index (χ1v) is 6.55. The Hall–Kier alpha value is -1.32. The molecular weight excluding hydrogens is 248 g/mol. The van der Waals surface area contributed by atoms with Crippen LogP contribution in [0.15, 0.2) is 41.1 Å². The van der Waals surface area contributed by atoms with Gasteiger partial charge in [0.2, 0.25) is 0 Å². The van der Waals surface area contributed by atoms with E-state index >= 15 is 0 Å². The van der Waals surface area contributed by atoms with Crippen molar-refractivity contribution < 1.29 is 4.42 Å². The molecule has 0 spiro atoms. The standard InChI is InChI=1S/C14H17ClN2O/c1-2-7-17-12(13-3-4-14(15)18-13)10-11-5-8-16-9-6-11/h3-6,8-9,12,17H,2,7,10H2,1H3. The Morgan fingerprint density at radius 1 is 1.28 bits per heavy atom. The van der Waals surface area contributed by atoms with E-state index in [2.05, 4.69) is 17.2 Å². The lowest BCUT2D eigenvalue weighted by Gasteiger charge is -2.16. The molecule has 0 saturated carbocycles. The quantitative estimate of drug-likeness (QED) is 0.866. The van der Waals surface area contributed by atoms with E-state index in [1.54, 1.807) is 18.5 Å². The van der Waals surface area contributed by atoms with E-state index in [-0.39, 0.29) is 6.04 Å². The molecule has 3 nitrogen and oxygen atoms in total. The predicted molar refractivity (Wildman–Crippen MR) is 72.7 cm³/mol. The lowest BCUT2D eigenvalue weighted by atomic mass is 10.1. The fourth-order valence-electron chi connectivity index (χ4n) is 1.86. The summed E-state index contributed by atoms with van der Waals surface area (Å²) in [6.07, 6.45) is 5.57. The molecule has 0 aliphatic rings. The van der Waals surface area contributed by atoms with Crippen LogP contribution in [-0.2, 0) is 6.42 Å². The summed E-state index contributed by atoms with van der Waals surface area (Å²) in [6.45, 7) is 3.10. The van der Waals surface area contributed by atoms with E-state index in [9.17, 15) is 0 Å². The van der Waals surface area contributed by atoms with Crippen molar-refractivity contribution >= 4 is 11.6 Å². The highest BCUT2D eigenvalue weighted by Gasteiger charge is 2.15. The maximum Gasteiger partial charge on any atom is 0.193 e. The molecule has 1 atom stereocenters. The summed E-state index contributed by atoms with van der Waals surface area (Å²) in [6, 6.07) is 7.90. The van der Waals surface area contributed by atoms with Crippen molar-refractivity contribution in [3.8, 4) is 0 Å². The Bertz CT molecular complexity index is 470. The van der Waals surface area contributed by atoms with Gasteiger partial charge < -0.3 is 9.73 Å². The van der Waals surface area contributed by atoms with Gasteiger partial charge in [-0.2, -0.15) is 0 Å². The zero-order valence-corrected chi connectivity index (χ0v) is 11.2. The Kier molecular flexibility index (Phi) is 4.79. The molecule has 2 aromatic rings. The van der Waals surface area contributed by atoms with E-state index in [4.69, 9.17) is 16.0 Å². The summed E-state index contributed by atoms with van der Waals surface area (Å²) in [5.74, 6) is 0.880. The number of hydrogen-bond donors (Lipinski definition) is 1. The van der Waals surface area contributed by atoms with Crippen LogP contribution in [0.25, 0.3) is 0 Å². The second kappa shape index (κ2) is 6.57. The first kappa shape index (κ1) is 13.1. The predicted octanol–water partition coefficient (Wildman–Crippen LogP) is 3.61. The van der Waals surface area contributed by atoms with Gasteiger partial charge in [0.1, 0.15) is 5.76 Å². The second-order valence-electron chi connectivity index (χ2n) is 4.21. The molecule has 4 heteroatoms. The number of aromatic nitrogens is 1. The van der Waals surface area contributed by atoms with E-state index in [0.717, 1.165) is 25.1 Å². The van der Waals surface area contributed by atoms with Gasteiger partial charge in [0, 0.05) is 12.4 Å². The molecule has 2 rings (SSSR count). The minimum Gasteiger partial charge on any atom is -0.448 e. The van der Waals surface area contributed by atoms with Crippen molar-refractivity contribution in [3.05, 3.63) is 53.2 Å². The maximum atomic E-state index is 5.84. The fraction of sp³-hybridized carbons (Fsp3) is 0.357. The van der Waals surface area contributed by atoms with E-state index in [1.807, 2.05) is 18.2 Å². The van der Waals surface area contributed by atoms with Crippen LogP contribution < -0.4 is 5.32 Å². The Balaban J connectivity index is 2.10. The maximum absolute atomic E-state index is 5.84. The van der Waals surface area contributed by atoms with Crippen LogP contribution in [0.4, 0.5) is 0 Å². The van der Waals surface area contributed by atoms with Gasteiger partial charge in [-0.1, -0.05) is 6.92 Å². The molecule has 2 heterocycles. The SMILES string of the molecule is CCCNC(Cc1ccncc1)c1ccc(Cl)o1. The summed E-state index contributed by atoms with van der Waals surface area (Å²) < 4.78 is 5.50. The lowest BCUT2D eigenvalue weighted by Crippen LogP contribution is -2.23. The minimum atomic E-state index is 0.153. The van der Waals surface area contributed by atoms with Crippen LogP contribution in [-0.4, -0.2) is 11.5 Å². The normalized spacial score (nSPS) is 12.6. The molecule has 0 aromatic carbocycles. The smallest absolute Gasteiger partial charge is 0.193 e. The monoisotopic (exact) mass is 264 g/mol. The van der Waals surface area contributed by atoms with Crippen molar-refractivity contribution in [2.45, 2.75) is 25.8 Å². The number of furan rings is 1. The Morgan fingerprint density at radius 2 is 2.06 bits per heavy atom. The minimum absolute atomic E-state index is 0.153. The summed E-state index contributed by atoms with van der Waals surface area (Å²) in [5.41, 5.74) is 1.23. The molecule has 96 valence electrons. The van der Waals surface area contributed by atoms with Gasteiger partial charge in [-0.05, 0) is 60.8 Å². The third kappa shape index (κ3) is 3.59. The molecule has 18 heavy (non-hydrogen) atoms. The number of hydrogen-bond acceptors (Lipinski definition) is 3. The third-order valence-electron chi connectivity index (χ3n) is 2.77. The number of halogens is 1. The Morgan fingerprint density at radius 3 is 2.67 bits per heavy atom. The van der Waals surface area contributed by atoms with Gasteiger partial charge in [-0.25, -0.2) is 0 Å². The highest BCUT2D eigenvalue weighted by Crippen LogP contribution is 2.23. The third-order valence-corrected chi connectivity index (χ3v) is 2.97. The van der Waals surface area contributed by atoms with Gasteiger partial charge in [0.15, 0.2) is 5.22 Å². The first-order valence-electron chi connectivity index (χ1n) is 6.17. The molecule has 1 unspecified atom stereocenters. The number of nitrogens with one attached hydrogen (secondary N) is 1. The lowest BCUT2D eigenvalue weighted by molar-refractivity contribution is 0.411. The van der Waals surface area contributed by atoms with Crippen LogP contribution in [0.5, 0.6) is 0 Å². The van der Waals surface area contributed by atoms with Crippen LogP contribution >= 0.6 is 11.6 Å². The van der Waals surface area contributed by atoms with Gasteiger partial charge in [0.25, 0.3) is 0 Å². The zero-order chi connectivity index (χ0) is 12.8. The molecular formula is C14H17ClN2O. The molecule has 1 N–H and O–H groups in total. The zero-order valence-electron chi connectivity index (χ0n) is 10.4. The van der Waals surface area contributed by atoms with Crippen molar-refractivity contribution in [1.29, 1.82) is 0 Å². The van der Waals surface area contributed by atoms with Gasteiger partial charge >= 0.3 is 0 Å². The molecule has 0 saturated heterocycles. The van der Waals surface area contributed by atoms with E-state index < -0.39 is 0 Å². The molecule has 0 amide bonds. The number of rotatable bonds is 6. The van der Waals surface area contributed by atoms with Crippen molar-refractivity contribution in [1.82, 2.24) is 10.3 Å². The molecule has 0 aliphatic heterocycles. The van der Waals surface area contributed by atoms with Gasteiger partial charge in [-0.15, -0.1) is 0 Å². The average molecular weight is 265 g/mol. The topological polar surface area (TPSA) is 38.1 Å². The molecule has 0 fully saturated rings. The van der Waals surface area contributed by atoms with Crippen LogP contribution in [0.1, 0.15) is 30.7 Å². The van der Waals surface area contributed by atoms with Gasteiger partial charge in [0.05, 0.1) is 6.04 Å². The molecule has 2 aromatic heterocycles. The summed E-state index contributed by atoms with van der Waals surface area (Å²) in [5, 5.41) is 3.91. The van der Waals surface area contributed by atoms with Gasteiger partial charge in [-0.3, -0.25) is 4.98 Å². The van der Waals surface area contributed by atoms with Crippen LogP contribution in [0, 0.1) is 0 Å². The van der Waals surface area contributed by atoms with Crippen LogP contribution in [0.2, 0.25) is 5.22 Å². The second-order valence-corrected chi connectivity index (χ2v) is 4.58. The fourth-order valence-corrected chi connectivity index (χ4v) is 2.01. The average Bonchev–Trinajstić information content (AvgIpc) is 2.82. The largest absolute Gasteiger partial charge is 0.448 e. The van der Waals surface area contributed by atoms with Crippen LogP contribution in [0.3, 0.4) is 0 Å². The summed E-state index contributed by atoms with van der Waals surface area (Å²) in [7, 11) is 0. The summed E-state index contributed by atoms with van der Waals surface area (Å²) in [4.78, 5) is 4.03. The van der Waals surface area contributed by atoms with E-state index in [1.165, 1.54) is 5.56 Å². The molecule has 0 radical (unpaired) electrons.